The zero-order chi connectivity index (χ0) is 12.3. The minimum Gasteiger partial charge on any atom is -0.497 e. The first-order valence-corrected chi connectivity index (χ1v) is 5.29. The second-order valence-electron chi connectivity index (χ2n) is 3.54. The normalized spacial score (nSPS) is 10.3. The van der Waals surface area contributed by atoms with E-state index in [2.05, 4.69) is 0 Å². The number of ether oxygens (including phenoxy) is 2. The van der Waals surface area contributed by atoms with Crippen molar-refractivity contribution < 1.29 is 13.9 Å². The maximum absolute atomic E-state index is 5.59. The maximum Gasteiger partial charge on any atom is 0.138 e. The van der Waals surface area contributed by atoms with E-state index in [9.17, 15) is 0 Å². The Labute approximate surface area is 99.9 Å². The number of furan rings is 1. The molecule has 0 saturated carbocycles. The third kappa shape index (κ3) is 2.26. The van der Waals surface area contributed by atoms with E-state index in [0.717, 1.165) is 22.8 Å². The first-order chi connectivity index (χ1) is 8.28. The highest BCUT2D eigenvalue weighted by Crippen LogP contribution is 2.34. The van der Waals surface area contributed by atoms with Gasteiger partial charge in [-0.05, 0) is 24.3 Å². The highest BCUT2D eigenvalue weighted by molar-refractivity contribution is 5.67. The van der Waals surface area contributed by atoms with Crippen LogP contribution in [0.2, 0.25) is 0 Å². The first kappa shape index (κ1) is 11.5. The molecular formula is C13H15NO3. The van der Waals surface area contributed by atoms with Gasteiger partial charge in [-0.3, -0.25) is 0 Å². The van der Waals surface area contributed by atoms with Gasteiger partial charge in [0, 0.05) is 6.07 Å². The summed E-state index contributed by atoms with van der Waals surface area (Å²) in [4.78, 5) is 0. The summed E-state index contributed by atoms with van der Waals surface area (Å²) >= 11 is 0. The van der Waals surface area contributed by atoms with E-state index in [0.29, 0.717) is 12.3 Å². The average molecular weight is 233 g/mol. The fourth-order valence-electron chi connectivity index (χ4n) is 1.63. The number of nitrogens with two attached hydrogens (primary N) is 1. The molecule has 4 nitrogen and oxygen atoms in total. The van der Waals surface area contributed by atoms with Gasteiger partial charge in [0.1, 0.15) is 23.0 Å². The predicted molar refractivity (Wildman–Crippen MR) is 65.1 cm³/mol. The lowest BCUT2D eigenvalue weighted by Gasteiger charge is -2.08. The maximum atomic E-state index is 5.59. The van der Waals surface area contributed by atoms with E-state index in [1.165, 1.54) is 0 Å². The van der Waals surface area contributed by atoms with E-state index < -0.39 is 0 Å². The molecule has 0 atom stereocenters. The zero-order valence-corrected chi connectivity index (χ0v) is 9.90. The topological polar surface area (TPSA) is 57.6 Å². The van der Waals surface area contributed by atoms with Crippen LogP contribution < -0.4 is 15.2 Å². The van der Waals surface area contributed by atoms with Crippen molar-refractivity contribution in [2.45, 2.75) is 6.54 Å². The number of methoxy groups -OCH3 is 2. The number of benzene rings is 1. The molecule has 0 aliphatic heterocycles. The van der Waals surface area contributed by atoms with Crippen molar-refractivity contribution in [3.63, 3.8) is 0 Å². The highest BCUT2D eigenvalue weighted by Gasteiger charge is 2.10. The van der Waals surface area contributed by atoms with E-state index >= 15 is 0 Å². The molecule has 90 valence electrons. The van der Waals surface area contributed by atoms with Crippen LogP contribution in [0.3, 0.4) is 0 Å². The van der Waals surface area contributed by atoms with Crippen LogP contribution in [-0.4, -0.2) is 14.2 Å². The largest absolute Gasteiger partial charge is 0.497 e. The Bertz CT molecular complexity index is 505. The standard InChI is InChI=1S/C13H15NO3/c1-15-9-3-5-11(13(7-9)16-2)12-6-4-10(8-14)17-12/h3-7H,8,14H2,1-2H3. The molecule has 1 aromatic carbocycles. The van der Waals surface area contributed by atoms with Crippen LogP contribution in [0.15, 0.2) is 34.7 Å². The Morgan fingerprint density at radius 3 is 2.53 bits per heavy atom. The molecule has 4 heteroatoms. The lowest BCUT2D eigenvalue weighted by atomic mass is 10.1. The summed E-state index contributed by atoms with van der Waals surface area (Å²) in [7, 11) is 3.24. The Hall–Kier alpha value is -1.94. The summed E-state index contributed by atoms with van der Waals surface area (Å²) in [6, 6.07) is 9.32. The van der Waals surface area contributed by atoms with Gasteiger partial charge in [0.25, 0.3) is 0 Å². The molecular weight excluding hydrogens is 218 g/mol. The molecule has 0 aliphatic rings. The Morgan fingerprint density at radius 1 is 1.12 bits per heavy atom. The minimum atomic E-state index is 0.387. The van der Waals surface area contributed by atoms with Gasteiger partial charge in [-0.2, -0.15) is 0 Å². The van der Waals surface area contributed by atoms with Crippen LogP contribution >= 0.6 is 0 Å². The van der Waals surface area contributed by atoms with Gasteiger partial charge in [-0.25, -0.2) is 0 Å². The molecule has 17 heavy (non-hydrogen) atoms. The highest BCUT2D eigenvalue weighted by atomic mass is 16.5. The average Bonchev–Trinajstić information content (AvgIpc) is 2.86. The Balaban J connectivity index is 2.43. The molecule has 0 amide bonds. The third-order valence-corrected chi connectivity index (χ3v) is 2.54. The van der Waals surface area contributed by atoms with Gasteiger partial charge < -0.3 is 19.6 Å². The lowest BCUT2D eigenvalue weighted by molar-refractivity contribution is 0.394. The quantitative estimate of drug-likeness (QED) is 0.881. The molecule has 2 rings (SSSR count). The van der Waals surface area contributed by atoms with Crippen LogP contribution in [0.5, 0.6) is 11.5 Å². The van der Waals surface area contributed by atoms with Crippen molar-refractivity contribution in [1.29, 1.82) is 0 Å². The smallest absolute Gasteiger partial charge is 0.138 e. The molecule has 0 aliphatic carbocycles. The van der Waals surface area contributed by atoms with E-state index in [1.54, 1.807) is 14.2 Å². The van der Waals surface area contributed by atoms with Gasteiger partial charge >= 0.3 is 0 Å². The molecule has 0 bridgehead atoms. The van der Waals surface area contributed by atoms with Crippen molar-refractivity contribution >= 4 is 0 Å². The fraction of sp³-hybridized carbons (Fsp3) is 0.231. The molecule has 1 heterocycles. The molecule has 0 saturated heterocycles. The monoisotopic (exact) mass is 233 g/mol. The van der Waals surface area contributed by atoms with Crippen LogP contribution in [0.4, 0.5) is 0 Å². The lowest BCUT2D eigenvalue weighted by Crippen LogP contribution is -1.93. The molecule has 0 unspecified atom stereocenters. The van der Waals surface area contributed by atoms with Gasteiger partial charge in [-0.1, -0.05) is 0 Å². The van der Waals surface area contributed by atoms with Crippen molar-refractivity contribution in [3.8, 4) is 22.8 Å². The summed E-state index contributed by atoms with van der Waals surface area (Å²) in [6.45, 7) is 0.387. The Kier molecular flexibility index (Phi) is 3.35. The van der Waals surface area contributed by atoms with Crippen LogP contribution in [0, 0.1) is 0 Å². The van der Waals surface area contributed by atoms with Gasteiger partial charge in [0.05, 0.1) is 26.3 Å². The van der Waals surface area contributed by atoms with Crippen LogP contribution in [0.1, 0.15) is 5.76 Å². The van der Waals surface area contributed by atoms with Crippen molar-refractivity contribution in [3.05, 3.63) is 36.1 Å². The molecule has 0 spiro atoms. The zero-order valence-electron chi connectivity index (χ0n) is 9.90. The second kappa shape index (κ2) is 4.93. The third-order valence-electron chi connectivity index (χ3n) is 2.54. The summed E-state index contributed by atoms with van der Waals surface area (Å²) in [5, 5.41) is 0. The second-order valence-corrected chi connectivity index (χ2v) is 3.54. The molecule has 2 aromatic rings. The van der Waals surface area contributed by atoms with Gasteiger partial charge in [0.15, 0.2) is 0 Å². The van der Waals surface area contributed by atoms with E-state index in [-0.39, 0.29) is 0 Å². The number of hydrogen-bond donors (Lipinski definition) is 1. The molecule has 1 aromatic heterocycles. The van der Waals surface area contributed by atoms with Crippen LogP contribution in [0.25, 0.3) is 11.3 Å². The van der Waals surface area contributed by atoms with E-state index in [1.807, 2.05) is 30.3 Å². The minimum absolute atomic E-state index is 0.387. The number of rotatable bonds is 4. The fourth-order valence-corrected chi connectivity index (χ4v) is 1.63. The van der Waals surface area contributed by atoms with E-state index in [4.69, 9.17) is 19.6 Å². The molecule has 0 radical (unpaired) electrons. The summed E-state index contributed by atoms with van der Waals surface area (Å²) < 4.78 is 16.0. The van der Waals surface area contributed by atoms with Gasteiger partial charge in [-0.15, -0.1) is 0 Å². The van der Waals surface area contributed by atoms with Crippen molar-refractivity contribution in [1.82, 2.24) is 0 Å². The summed E-state index contributed by atoms with van der Waals surface area (Å²) in [6.07, 6.45) is 0. The van der Waals surface area contributed by atoms with Crippen molar-refractivity contribution in [2.24, 2.45) is 5.73 Å². The number of hydrogen-bond acceptors (Lipinski definition) is 4. The van der Waals surface area contributed by atoms with Crippen LogP contribution in [-0.2, 0) is 6.54 Å². The predicted octanol–water partition coefficient (Wildman–Crippen LogP) is 2.42. The first-order valence-electron chi connectivity index (χ1n) is 5.29. The molecule has 0 fully saturated rings. The summed E-state index contributed by atoms with van der Waals surface area (Å²) in [5.74, 6) is 2.95. The molecule has 2 N–H and O–H groups in total. The summed E-state index contributed by atoms with van der Waals surface area (Å²) in [5.41, 5.74) is 6.39. The van der Waals surface area contributed by atoms with Crippen molar-refractivity contribution in [2.75, 3.05) is 14.2 Å². The SMILES string of the molecule is COc1ccc(-c2ccc(CN)o2)c(OC)c1. The van der Waals surface area contributed by atoms with Gasteiger partial charge in [0.2, 0.25) is 0 Å². The Morgan fingerprint density at radius 2 is 1.94 bits per heavy atom.